The van der Waals surface area contributed by atoms with Gasteiger partial charge in [0.15, 0.2) is 0 Å². The zero-order valence-corrected chi connectivity index (χ0v) is 21.1. The summed E-state index contributed by atoms with van der Waals surface area (Å²) in [5.41, 5.74) is 2.31. The van der Waals surface area contributed by atoms with Crippen LogP contribution in [0.1, 0.15) is 49.4 Å². The minimum absolute atomic E-state index is 0.0573. The maximum Gasteiger partial charge on any atom is 0.295 e. The quantitative estimate of drug-likeness (QED) is 0.264. The lowest BCUT2D eigenvalue weighted by molar-refractivity contribution is -0.139. The van der Waals surface area contributed by atoms with Gasteiger partial charge in [-0.2, -0.15) is 0 Å². The summed E-state index contributed by atoms with van der Waals surface area (Å²) in [7, 11) is 0. The van der Waals surface area contributed by atoms with Crippen LogP contribution in [0.4, 0.5) is 0 Å². The molecule has 0 spiro atoms. The third-order valence-corrected chi connectivity index (χ3v) is 6.75. The summed E-state index contributed by atoms with van der Waals surface area (Å²) >= 11 is 0. The Balaban J connectivity index is 1.50. The van der Waals surface area contributed by atoms with E-state index >= 15 is 0 Å². The van der Waals surface area contributed by atoms with E-state index < -0.39 is 17.7 Å². The molecule has 8 heteroatoms. The van der Waals surface area contributed by atoms with Gasteiger partial charge in [0.25, 0.3) is 11.7 Å². The monoisotopic (exact) mass is 501 g/mol. The molecule has 37 heavy (non-hydrogen) atoms. The van der Waals surface area contributed by atoms with Crippen molar-refractivity contribution in [3.05, 3.63) is 83.4 Å². The molecule has 1 aromatic heterocycles. The molecule has 0 unspecified atom stereocenters. The van der Waals surface area contributed by atoms with Crippen LogP contribution in [0.5, 0.6) is 11.5 Å². The van der Waals surface area contributed by atoms with Crippen LogP contribution >= 0.6 is 0 Å². The van der Waals surface area contributed by atoms with Crippen molar-refractivity contribution in [1.82, 2.24) is 14.5 Å². The molecule has 2 aliphatic rings. The molecule has 1 fully saturated rings. The summed E-state index contributed by atoms with van der Waals surface area (Å²) in [5.74, 6) is 0.0379. The second kappa shape index (κ2) is 10.5. The molecule has 5 rings (SSSR count). The number of Topliss-reactive ketones (excluding diaryl/α,β-unsaturated/α-hetero) is 1. The van der Waals surface area contributed by atoms with E-state index in [2.05, 4.69) is 4.98 Å². The van der Waals surface area contributed by atoms with Crippen LogP contribution < -0.4 is 9.47 Å². The van der Waals surface area contributed by atoms with E-state index in [1.807, 2.05) is 61.0 Å². The van der Waals surface area contributed by atoms with Gasteiger partial charge in [-0.15, -0.1) is 0 Å². The van der Waals surface area contributed by atoms with Gasteiger partial charge >= 0.3 is 0 Å². The number of hydrogen-bond donors (Lipinski definition) is 1. The fraction of sp³-hybridized carbons (Fsp3) is 0.345. The van der Waals surface area contributed by atoms with Gasteiger partial charge in [-0.1, -0.05) is 19.1 Å². The van der Waals surface area contributed by atoms with Gasteiger partial charge in [-0.05, 0) is 61.2 Å². The predicted molar refractivity (Wildman–Crippen MR) is 138 cm³/mol. The maximum absolute atomic E-state index is 13.3. The molecule has 3 aromatic rings. The topological polar surface area (TPSA) is 93.9 Å². The molecule has 2 aliphatic heterocycles. The number of carbonyl (C=O) groups excluding carboxylic acids is 2. The third-order valence-electron chi connectivity index (χ3n) is 6.75. The molecule has 3 heterocycles. The Morgan fingerprint density at radius 1 is 1.16 bits per heavy atom. The van der Waals surface area contributed by atoms with Crippen LogP contribution in [-0.2, 0) is 22.6 Å². The van der Waals surface area contributed by atoms with Crippen LogP contribution in [0.3, 0.4) is 0 Å². The first-order valence-electron chi connectivity index (χ1n) is 12.7. The highest BCUT2D eigenvalue weighted by atomic mass is 16.5. The van der Waals surface area contributed by atoms with Crippen molar-refractivity contribution in [2.24, 2.45) is 0 Å². The smallest absolute Gasteiger partial charge is 0.295 e. The number of likely N-dealkylation sites (tertiary alicyclic amines) is 1. The van der Waals surface area contributed by atoms with Crippen molar-refractivity contribution in [2.45, 2.75) is 51.8 Å². The van der Waals surface area contributed by atoms with Crippen LogP contribution in [0.2, 0.25) is 0 Å². The van der Waals surface area contributed by atoms with E-state index in [4.69, 9.17) is 9.47 Å². The highest BCUT2D eigenvalue weighted by molar-refractivity contribution is 6.46. The maximum atomic E-state index is 13.3. The fourth-order valence-electron chi connectivity index (χ4n) is 4.99. The molecular weight excluding hydrogens is 470 g/mol. The minimum Gasteiger partial charge on any atom is -0.507 e. The van der Waals surface area contributed by atoms with Crippen molar-refractivity contribution in [1.29, 1.82) is 0 Å². The van der Waals surface area contributed by atoms with Crippen LogP contribution in [0.15, 0.2) is 66.8 Å². The number of rotatable bonds is 9. The number of aliphatic hydroxyl groups is 1. The summed E-state index contributed by atoms with van der Waals surface area (Å²) in [6.45, 7) is 5.64. The van der Waals surface area contributed by atoms with Gasteiger partial charge in [-0.25, -0.2) is 4.98 Å². The van der Waals surface area contributed by atoms with Crippen LogP contribution in [-0.4, -0.2) is 50.5 Å². The minimum atomic E-state index is -0.702. The number of amides is 1. The van der Waals surface area contributed by atoms with Crippen molar-refractivity contribution in [3.8, 4) is 11.5 Å². The molecule has 0 aliphatic carbocycles. The average Bonchev–Trinajstić information content (AvgIpc) is 3.61. The van der Waals surface area contributed by atoms with E-state index in [1.54, 1.807) is 23.5 Å². The molecule has 8 nitrogen and oxygen atoms in total. The molecule has 2 atom stereocenters. The highest BCUT2D eigenvalue weighted by Gasteiger charge is 2.45. The van der Waals surface area contributed by atoms with E-state index in [0.717, 1.165) is 35.5 Å². The molecule has 2 aromatic carbocycles. The first-order valence-corrected chi connectivity index (χ1v) is 12.7. The van der Waals surface area contributed by atoms with Crippen molar-refractivity contribution in [3.63, 3.8) is 0 Å². The number of ether oxygens (including phenoxy) is 2. The molecular formula is C29H31N3O5. The first kappa shape index (κ1) is 24.6. The van der Waals surface area contributed by atoms with Gasteiger partial charge in [0.2, 0.25) is 0 Å². The van der Waals surface area contributed by atoms with Gasteiger partial charge in [0.1, 0.15) is 23.4 Å². The number of hydrogen-bond acceptors (Lipinski definition) is 6. The summed E-state index contributed by atoms with van der Waals surface area (Å²) in [6.07, 6.45) is 7.59. The molecule has 0 saturated carbocycles. The Bertz CT molecular complexity index is 1310. The Hall–Kier alpha value is -4.07. The van der Waals surface area contributed by atoms with Crippen molar-refractivity contribution < 1.29 is 24.2 Å². The standard InChI is InChI=1S/C29H31N3O5/c1-3-15-36-23-8-5-20(6-9-23)26-25(27(33)21-7-10-24-22(17-21)16-19(2)37-24)28(34)29(35)32(26)13-4-12-31-14-11-30-18-31/h5-11,14,17-19,26,33H,3-4,12-13,15-16H2,1-2H3/t19-,26-/m1/s1. The number of aromatic nitrogens is 2. The van der Waals surface area contributed by atoms with Crippen molar-refractivity contribution in [2.75, 3.05) is 13.2 Å². The highest BCUT2D eigenvalue weighted by Crippen LogP contribution is 2.41. The Morgan fingerprint density at radius 2 is 1.97 bits per heavy atom. The van der Waals surface area contributed by atoms with E-state index in [1.165, 1.54) is 0 Å². The Kier molecular flexibility index (Phi) is 6.99. The molecule has 1 N–H and O–H groups in total. The van der Waals surface area contributed by atoms with E-state index in [-0.39, 0.29) is 17.4 Å². The SMILES string of the molecule is CCCOc1ccc([C@@H]2C(=C(O)c3ccc4c(c3)C[C@@H](C)O4)C(=O)C(=O)N2CCCn2ccnc2)cc1. The summed E-state index contributed by atoms with van der Waals surface area (Å²) in [5, 5.41) is 11.4. The summed E-state index contributed by atoms with van der Waals surface area (Å²) < 4.78 is 13.4. The predicted octanol–water partition coefficient (Wildman–Crippen LogP) is 4.51. The van der Waals surface area contributed by atoms with Crippen LogP contribution in [0.25, 0.3) is 5.76 Å². The van der Waals surface area contributed by atoms with E-state index in [0.29, 0.717) is 31.7 Å². The molecule has 192 valence electrons. The Labute approximate surface area is 216 Å². The van der Waals surface area contributed by atoms with Gasteiger partial charge < -0.3 is 24.0 Å². The number of aryl methyl sites for hydroxylation is 1. The lowest BCUT2D eigenvalue weighted by Crippen LogP contribution is -2.31. The number of nitrogens with zero attached hydrogens (tertiary/aromatic N) is 3. The largest absolute Gasteiger partial charge is 0.507 e. The number of aliphatic hydroxyl groups excluding tert-OH is 1. The van der Waals surface area contributed by atoms with Crippen molar-refractivity contribution >= 4 is 17.4 Å². The lowest BCUT2D eigenvalue weighted by atomic mass is 9.94. The number of carbonyl (C=O) groups is 2. The summed E-state index contributed by atoms with van der Waals surface area (Å²) in [6, 6.07) is 12.1. The lowest BCUT2D eigenvalue weighted by Gasteiger charge is -2.25. The van der Waals surface area contributed by atoms with Gasteiger partial charge in [0, 0.05) is 37.5 Å². The normalized spacial score (nSPS) is 20.2. The zero-order chi connectivity index (χ0) is 25.9. The number of benzene rings is 2. The van der Waals surface area contributed by atoms with Gasteiger partial charge in [-0.3, -0.25) is 9.59 Å². The zero-order valence-electron chi connectivity index (χ0n) is 21.1. The molecule has 1 amide bonds. The number of fused-ring (bicyclic) bond motifs is 1. The van der Waals surface area contributed by atoms with E-state index in [9.17, 15) is 14.7 Å². The summed E-state index contributed by atoms with van der Waals surface area (Å²) in [4.78, 5) is 32.2. The average molecular weight is 502 g/mol. The third kappa shape index (κ3) is 4.96. The second-order valence-corrected chi connectivity index (χ2v) is 9.52. The molecule has 0 radical (unpaired) electrons. The second-order valence-electron chi connectivity index (χ2n) is 9.52. The first-order chi connectivity index (χ1) is 18.0. The number of ketones is 1. The molecule has 1 saturated heterocycles. The molecule has 0 bridgehead atoms. The fourth-order valence-corrected chi connectivity index (χ4v) is 4.99. The van der Waals surface area contributed by atoms with Gasteiger partial charge in [0.05, 0.1) is 24.5 Å². The van der Waals surface area contributed by atoms with Crippen LogP contribution in [0, 0.1) is 0 Å². The number of imidazole rings is 1. The Morgan fingerprint density at radius 3 is 2.70 bits per heavy atom.